The Hall–Kier alpha value is -2.12. The average molecular weight is 368 g/mol. The zero-order valence-electron chi connectivity index (χ0n) is 14.2. The van der Waals surface area contributed by atoms with Gasteiger partial charge in [-0.15, -0.1) is 0 Å². The summed E-state index contributed by atoms with van der Waals surface area (Å²) >= 11 is 6.08. The van der Waals surface area contributed by atoms with Gasteiger partial charge in [0.2, 0.25) is 5.91 Å². The second-order valence-corrected chi connectivity index (χ2v) is 6.54. The van der Waals surface area contributed by atoms with E-state index in [2.05, 4.69) is 10.6 Å². The zero-order chi connectivity index (χ0) is 18.6. The molecule has 0 bridgehead atoms. The monoisotopic (exact) mass is 367 g/mol. The van der Waals surface area contributed by atoms with Gasteiger partial charge in [-0.25, -0.2) is 0 Å². The predicted octanol–water partition coefficient (Wildman–Crippen LogP) is 1.97. The molecule has 0 heterocycles. The Labute approximate surface area is 151 Å². The number of carboxylic acids is 1. The molecule has 1 saturated carbocycles. The van der Waals surface area contributed by atoms with Crippen LogP contribution in [0.4, 0.5) is 5.69 Å². The molecule has 0 saturated heterocycles. The first-order valence-corrected chi connectivity index (χ1v) is 8.51. The van der Waals surface area contributed by atoms with E-state index in [9.17, 15) is 14.4 Å². The van der Waals surface area contributed by atoms with Gasteiger partial charge in [0.15, 0.2) is 0 Å². The van der Waals surface area contributed by atoms with Gasteiger partial charge in [0.25, 0.3) is 5.91 Å². The van der Waals surface area contributed by atoms with E-state index in [-0.39, 0.29) is 30.4 Å². The Kier molecular flexibility index (Phi) is 6.39. The van der Waals surface area contributed by atoms with Gasteiger partial charge in [-0.05, 0) is 37.6 Å². The standard InChI is InChI=1S/C17H22ClN3O4/c1-3-21(9-16(23)24)13-6-12(7-13)20-17(25)14-8-11(19-10(2)22)4-5-15(14)18/h4-5,8,12-13H,3,6-7,9H2,1-2H3,(H,19,22)(H,20,25)(H,23,24). The van der Waals surface area contributed by atoms with Crippen molar-refractivity contribution < 1.29 is 19.5 Å². The molecule has 25 heavy (non-hydrogen) atoms. The summed E-state index contributed by atoms with van der Waals surface area (Å²) in [5.41, 5.74) is 0.807. The van der Waals surface area contributed by atoms with Crippen LogP contribution in [0.1, 0.15) is 37.0 Å². The molecule has 1 aliphatic rings. The highest BCUT2D eigenvalue weighted by atomic mass is 35.5. The van der Waals surface area contributed by atoms with Crippen molar-refractivity contribution in [2.45, 2.75) is 38.8 Å². The van der Waals surface area contributed by atoms with Crippen LogP contribution in [0.3, 0.4) is 0 Å². The first-order chi connectivity index (χ1) is 11.8. The van der Waals surface area contributed by atoms with E-state index in [0.717, 1.165) is 0 Å². The lowest BCUT2D eigenvalue weighted by molar-refractivity contribution is -0.139. The van der Waals surface area contributed by atoms with Crippen LogP contribution in [-0.4, -0.2) is 53.0 Å². The fraction of sp³-hybridized carbons (Fsp3) is 0.471. The molecule has 8 heteroatoms. The highest BCUT2D eigenvalue weighted by Crippen LogP contribution is 2.27. The first kappa shape index (κ1) is 19.2. The summed E-state index contributed by atoms with van der Waals surface area (Å²) < 4.78 is 0. The van der Waals surface area contributed by atoms with Crippen LogP contribution in [0, 0.1) is 0 Å². The maximum atomic E-state index is 12.4. The molecule has 7 nitrogen and oxygen atoms in total. The average Bonchev–Trinajstić information content (AvgIpc) is 2.49. The molecule has 0 aliphatic heterocycles. The lowest BCUT2D eigenvalue weighted by atomic mass is 9.85. The molecule has 0 spiro atoms. The predicted molar refractivity (Wildman–Crippen MR) is 94.9 cm³/mol. The van der Waals surface area contributed by atoms with Crippen molar-refractivity contribution >= 4 is 35.1 Å². The molecule has 1 fully saturated rings. The van der Waals surface area contributed by atoms with Crippen LogP contribution in [-0.2, 0) is 9.59 Å². The number of likely N-dealkylation sites (N-methyl/N-ethyl adjacent to an activating group) is 1. The van der Waals surface area contributed by atoms with Gasteiger partial charge in [0.1, 0.15) is 0 Å². The largest absolute Gasteiger partial charge is 0.480 e. The molecule has 1 aromatic carbocycles. The van der Waals surface area contributed by atoms with Crippen LogP contribution in [0.5, 0.6) is 0 Å². The second kappa shape index (κ2) is 8.31. The Morgan fingerprint density at radius 3 is 2.56 bits per heavy atom. The smallest absolute Gasteiger partial charge is 0.317 e. The molecule has 2 rings (SSSR count). The molecule has 136 valence electrons. The van der Waals surface area contributed by atoms with Crippen molar-refractivity contribution in [2.75, 3.05) is 18.4 Å². The van der Waals surface area contributed by atoms with Crippen molar-refractivity contribution in [3.05, 3.63) is 28.8 Å². The number of amides is 2. The minimum Gasteiger partial charge on any atom is -0.480 e. The summed E-state index contributed by atoms with van der Waals surface area (Å²) in [4.78, 5) is 36.3. The quantitative estimate of drug-likeness (QED) is 0.684. The van der Waals surface area contributed by atoms with Gasteiger partial charge in [0, 0.05) is 24.7 Å². The zero-order valence-corrected chi connectivity index (χ0v) is 15.0. The fourth-order valence-corrected chi connectivity index (χ4v) is 3.12. The van der Waals surface area contributed by atoms with Gasteiger partial charge < -0.3 is 15.7 Å². The van der Waals surface area contributed by atoms with Gasteiger partial charge in [-0.2, -0.15) is 0 Å². The van der Waals surface area contributed by atoms with E-state index < -0.39 is 5.97 Å². The summed E-state index contributed by atoms with van der Waals surface area (Å²) in [5, 5.41) is 14.7. The molecule has 3 N–H and O–H groups in total. The lowest BCUT2D eigenvalue weighted by Crippen LogP contribution is -2.54. The van der Waals surface area contributed by atoms with Crippen LogP contribution in [0.25, 0.3) is 0 Å². The normalized spacial score (nSPS) is 19.2. The number of nitrogens with one attached hydrogen (secondary N) is 2. The Balaban J connectivity index is 1.93. The highest BCUT2D eigenvalue weighted by molar-refractivity contribution is 6.34. The minimum atomic E-state index is -0.851. The number of halogens is 1. The number of benzene rings is 1. The number of carbonyl (C=O) groups excluding carboxylic acids is 2. The molecule has 1 aromatic rings. The number of carboxylic acid groups (broad SMARTS) is 1. The first-order valence-electron chi connectivity index (χ1n) is 8.14. The Morgan fingerprint density at radius 1 is 1.32 bits per heavy atom. The topological polar surface area (TPSA) is 98.7 Å². The van der Waals surface area contributed by atoms with Crippen molar-refractivity contribution in [3.63, 3.8) is 0 Å². The van der Waals surface area contributed by atoms with Gasteiger partial charge in [-0.3, -0.25) is 19.3 Å². The third kappa shape index (κ3) is 5.17. The van der Waals surface area contributed by atoms with E-state index in [4.69, 9.17) is 16.7 Å². The number of hydrogen-bond donors (Lipinski definition) is 3. The molecule has 0 unspecified atom stereocenters. The van der Waals surface area contributed by atoms with Crippen molar-refractivity contribution in [1.29, 1.82) is 0 Å². The molecule has 0 radical (unpaired) electrons. The number of hydrogen-bond acceptors (Lipinski definition) is 4. The van der Waals surface area contributed by atoms with Crippen molar-refractivity contribution in [3.8, 4) is 0 Å². The molecule has 1 aliphatic carbocycles. The third-order valence-electron chi connectivity index (χ3n) is 4.24. The summed E-state index contributed by atoms with van der Waals surface area (Å²) in [5.74, 6) is -1.38. The SMILES string of the molecule is CCN(CC(=O)O)C1CC(NC(=O)c2cc(NC(C)=O)ccc2Cl)C1. The van der Waals surface area contributed by atoms with E-state index >= 15 is 0 Å². The molecule has 0 atom stereocenters. The number of anilines is 1. The number of carbonyl (C=O) groups is 3. The highest BCUT2D eigenvalue weighted by Gasteiger charge is 2.35. The van der Waals surface area contributed by atoms with Crippen molar-refractivity contribution in [2.24, 2.45) is 0 Å². The molecule has 0 aromatic heterocycles. The molecular formula is C17H22ClN3O4. The molecule has 2 amide bonds. The van der Waals surface area contributed by atoms with Crippen LogP contribution >= 0.6 is 11.6 Å². The number of nitrogens with zero attached hydrogens (tertiary/aromatic N) is 1. The Morgan fingerprint density at radius 2 is 2.00 bits per heavy atom. The summed E-state index contributed by atoms with van der Waals surface area (Å²) in [6.07, 6.45) is 1.41. The number of aliphatic carboxylic acids is 1. The Bertz CT molecular complexity index is 674. The van der Waals surface area contributed by atoms with Crippen LogP contribution in [0.2, 0.25) is 5.02 Å². The van der Waals surface area contributed by atoms with E-state index in [0.29, 0.717) is 35.7 Å². The van der Waals surface area contributed by atoms with E-state index in [1.165, 1.54) is 13.0 Å². The summed E-state index contributed by atoms with van der Waals surface area (Å²) in [6, 6.07) is 4.88. The van der Waals surface area contributed by atoms with Crippen LogP contribution in [0.15, 0.2) is 18.2 Å². The lowest BCUT2D eigenvalue weighted by Gasteiger charge is -2.42. The fourth-order valence-electron chi connectivity index (χ4n) is 2.92. The number of rotatable bonds is 7. The molecular weight excluding hydrogens is 346 g/mol. The maximum Gasteiger partial charge on any atom is 0.317 e. The van der Waals surface area contributed by atoms with E-state index in [1.807, 2.05) is 11.8 Å². The van der Waals surface area contributed by atoms with Crippen LogP contribution < -0.4 is 10.6 Å². The van der Waals surface area contributed by atoms with E-state index in [1.54, 1.807) is 12.1 Å². The maximum absolute atomic E-state index is 12.4. The third-order valence-corrected chi connectivity index (χ3v) is 4.57. The van der Waals surface area contributed by atoms with Gasteiger partial charge in [-0.1, -0.05) is 18.5 Å². The summed E-state index contributed by atoms with van der Waals surface area (Å²) in [6.45, 7) is 3.97. The van der Waals surface area contributed by atoms with Crippen molar-refractivity contribution in [1.82, 2.24) is 10.2 Å². The minimum absolute atomic E-state index is 0.00637. The van der Waals surface area contributed by atoms with Gasteiger partial charge >= 0.3 is 5.97 Å². The summed E-state index contributed by atoms with van der Waals surface area (Å²) in [7, 11) is 0. The second-order valence-electron chi connectivity index (χ2n) is 6.13. The van der Waals surface area contributed by atoms with Gasteiger partial charge in [0.05, 0.1) is 17.1 Å².